The first-order chi connectivity index (χ1) is 11.6. The summed E-state index contributed by atoms with van der Waals surface area (Å²) in [4.78, 5) is 12.2. The molecule has 0 aliphatic heterocycles. The monoisotopic (exact) mass is 348 g/mol. The molecule has 0 spiro atoms. The zero-order chi connectivity index (χ0) is 17.1. The zero-order valence-electron chi connectivity index (χ0n) is 14.4. The smallest absolute Gasteiger partial charge is 0.230 e. The number of carbonyl (C=O) groups excluding carboxylic acids is 1. The fraction of sp³-hybridized carbons (Fsp3) is 0.588. The molecule has 130 valence electrons. The number of thioether (sulfide) groups is 1. The predicted octanol–water partition coefficient (Wildman–Crippen LogP) is 3.17. The minimum atomic E-state index is 0.0720. The molecule has 1 fully saturated rings. The molecule has 1 aliphatic carbocycles. The molecule has 0 bridgehead atoms. The number of amides is 1. The van der Waals surface area contributed by atoms with E-state index in [4.69, 9.17) is 4.42 Å². The van der Waals surface area contributed by atoms with E-state index in [9.17, 15) is 4.79 Å². The number of aromatic nitrogens is 3. The minimum Gasteiger partial charge on any atom is -0.469 e. The Labute approximate surface area is 146 Å². The van der Waals surface area contributed by atoms with Crippen molar-refractivity contribution in [2.24, 2.45) is 13.0 Å². The third-order valence-electron chi connectivity index (χ3n) is 4.72. The molecule has 1 N–H and O–H groups in total. The van der Waals surface area contributed by atoms with Gasteiger partial charge in [0.05, 0.1) is 17.6 Å². The molecule has 0 saturated heterocycles. The molecule has 2 heterocycles. The van der Waals surface area contributed by atoms with E-state index in [1.165, 1.54) is 31.0 Å². The number of hydrogen-bond acceptors (Lipinski definition) is 5. The van der Waals surface area contributed by atoms with Gasteiger partial charge in [0.25, 0.3) is 0 Å². The van der Waals surface area contributed by atoms with Crippen LogP contribution in [-0.2, 0) is 11.8 Å². The number of hydrogen-bond donors (Lipinski definition) is 1. The normalized spacial score (nSPS) is 21.0. The number of aryl methyl sites for hydroxylation is 1. The van der Waals surface area contributed by atoms with Gasteiger partial charge in [0.1, 0.15) is 5.76 Å². The molecule has 2 aromatic rings. The lowest BCUT2D eigenvalue weighted by atomic mass is 9.86. The average molecular weight is 348 g/mol. The van der Waals surface area contributed by atoms with Crippen LogP contribution in [0.2, 0.25) is 0 Å². The van der Waals surface area contributed by atoms with Gasteiger partial charge in [-0.25, -0.2) is 0 Å². The summed E-state index contributed by atoms with van der Waals surface area (Å²) in [6, 6.07) is 2.20. The van der Waals surface area contributed by atoms with Crippen molar-refractivity contribution in [3.63, 3.8) is 0 Å². The minimum absolute atomic E-state index is 0.0720. The Morgan fingerprint density at radius 3 is 2.92 bits per heavy atom. The van der Waals surface area contributed by atoms with Crippen LogP contribution in [0.1, 0.15) is 38.4 Å². The van der Waals surface area contributed by atoms with E-state index in [1.807, 2.05) is 24.6 Å². The van der Waals surface area contributed by atoms with E-state index in [2.05, 4.69) is 22.4 Å². The molecule has 0 unspecified atom stereocenters. The van der Waals surface area contributed by atoms with Gasteiger partial charge < -0.3 is 14.3 Å². The van der Waals surface area contributed by atoms with E-state index in [0.717, 1.165) is 28.7 Å². The first kappa shape index (κ1) is 17.1. The quantitative estimate of drug-likeness (QED) is 0.840. The molecule has 24 heavy (non-hydrogen) atoms. The summed E-state index contributed by atoms with van der Waals surface area (Å²) in [5, 5.41) is 12.3. The molecule has 1 amide bonds. The third-order valence-corrected chi connectivity index (χ3v) is 5.75. The highest BCUT2D eigenvalue weighted by Gasteiger charge is 2.23. The molecule has 1 aliphatic rings. The second-order valence-electron chi connectivity index (χ2n) is 6.48. The highest BCUT2D eigenvalue weighted by molar-refractivity contribution is 7.99. The lowest BCUT2D eigenvalue weighted by Crippen LogP contribution is -2.41. The number of nitrogens with one attached hydrogen (secondary N) is 1. The Kier molecular flexibility index (Phi) is 5.28. The van der Waals surface area contributed by atoms with Crippen molar-refractivity contribution in [3.05, 3.63) is 18.1 Å². The van der Waals surface area contributed by atoms with Gasteiger partial charge in [-0.05, 0) is 31.7 Å². The molecular weight excluding hydrogens is 324 g/mol. The van der Waals surface area contributed by atoms with Gasteiger partial charge in [-0.2, -0.15) is 0 Å². The topological polar surface area (TPSA) is 72.9 Å². The van der Waals surface area contributed by atoms with Crippen molar-refractivity contribution in [3.8, 4) is 11.4 Å². The van der Waals surface area contributed by atoms with Crippen molar-refractivity contribution >= 4 is 17.7 Å². The molecule has 3 rings (SSSR count). The van der Waals surface area contributed by atoms with E-state index in [-0.39, 0.29) is 5.91 Å². The van der Waals surface area contributed by atoms with Gasteiger partial charge >= 0.3 is 0 Å². The Morgan fingerprint density at radius 2 is 2.21 bits per heavy atom. The van der Waals surface area contributed by atoms with Crippen molar-refractivity contribution in [1.82, 2.24) is 20.1 Å². The Bertz CT molecular complexity index is 709. The first-order valence-electron chi connectivity index (χ1n) is 8.42. The van der Waals surface area contributed by atoms with Crippen LogP contribution in [0, 0.1) is 12.8 Å². The summed E-state index contributed by atoms with van der Waals surface area (Å²) in [7, 11) is 1.91. The first-order valence-corrected chi connectivity index (χ1v) is 9.41. The van der Waals surface area contributed by atoms with Crippen molar-refractivity contribution in [1.29, 1.82) is 0 Å². The van der Waals surface area contributed by atoms with Crippen LogP contribution in [0.5, 0.6) is 0 Å². The van der Waals surface area contributed by atoms with Crippen molar-refractivity contribution in [2.75, 3.05) is 5.75 Å². The molecule has 2 aromatic heterocycles. The highest BCUT2D eigenvalue weighted by Crippen LogP contribution is 2.26. The van der Waals surface area contributed by atoms with Gasteiger partial charge in [-0.3, -0.25) is 4.79 Å². The van der Waals surface area contributed by atoms with Crippen LogP contribution in [0.15, 0.2) is 21.9 Å². The van der Waals surface area contributed by atoms with E-state index >= 15 is 0 Å². The van der Waals surface area contributed by atoms with E-state index in [1.54, 1.807) is 6.26 Å². The lowest BCUT2D eigenvalue weighted by molar-refractivity contribution is -0.119. The maximum Gasteiger partial charge on any atom is 0.230 e. The molecule has 2 atom stereocenters. The predicted molar refractivity (Wildman–Crippen MR) is 93.7 cm³/mol. The lowest BCUT2D eigenvalue weighted by Gasteiger charge is -2.29. The highest BCUT2D eigenvalue weighted by atomic mass is 32.2. The second-order valence-corrected chi connectivity index (χ2v) is 7.42. The summed E-state index contributed by atoms with van der Waals surface area (Å²) in [5.41, 5.74) is 0.928. The zero-order valence-corrected chi connectivity index (χ0v) is 15.2. The Morgan fingerprint density at radius 1 is 1.42 bits per heavy atom. The summed E-state index contributed by atoms with van der Waals surface area (Å²) < 4.78 is 7.23. The van der Waals surface area contributed by atoms with Crippen molar-refractivity contribution in [2.45, 2.75) is 50.7 Å². The fourth-order valence-electron chi connectivity index (χ4n) is 3.20. The van der Waals surface area contributed by atoms with Crippen LogP contribution in [-0.4, -0.2) is 32.5 Å². The van der Waals surface area contributed by atoms with Gasteiger partial charge in [-0.1, -0.05) is 31.5 Å². The summed E-state index contributed by atoms with van der Waals surface area (Å²) in [5.74, 6) is 2.57. The Balaban J connectivity index is 1.58. The average Bonchev–Trinajstić information content (AvgIpc) is 3.13. The second kappa shape index (κ2) is 7.42. The molecule has 7 heteroatoms. The maximum absolute atomic E-state index is 12.2. The fourth-order valence-corrected chi connectivity index (χ4v) is 3.92. The summed E-state index contributed by atoms with van der Waals surface area (Å²) >= 11 is 1.42. The van der Waals surface area contributed by atoms with Gasteiger partial charge in [0, 0.05) is 13.1 Å². The van der Waals surface area contributed by atoms with Gasteiger partial charge in [0.2, 0.25) is 5.91 Å². The molecular formula is C17H24N4O2S. The molecule has 6 nitrogen and oxygen atoms in total. The van der Waals surface area contributed by atoms with Crippen LogP contribution < -0.4 is 5.32 Å². The van der Waals surface area contributed by atoms with Crippen molar-refractivity contribution < 1.29 is 9.21 Å². The SMILES string of the molecule is Cc1occc1-c1nnc(SCC(=O)N[C@@H]2CCCC[C@H]2C)n1C. The summed E-state index contributed by atoms with van der Waals surface area (Å²) in [6.45, 7) is 4.12. The standard InChI is InChI=1S/C17H24N4O2S/c1-11-6-4-5-7-14(11)18-15(22)10-24-17-20-19-16(21(17)3)13-8-9-23-12(13)2/h8-9,11,14H,4-7,10H2,1-3H3,(H,18,22)/t11-,14-/m1/s1. The van der Waals surface area contributed by atoms with Gasteiger partial charge in [0.15, 0.2) is 11.0 Å². The summed E-state index contributed by atoms with van der Waals surface area (Å²) in [6.07, 6.45) is 6.42. The largest absolute Gasteiger partial charge is 0.469 e. The Hall–Kier alpha value is -1.76. The third kappa shape index (κ3) is 3.66. The van der Waals surface area contributed by atoms with E-state index in [0.29, 0.717) is 17.7 Å². The van der Waals surface area contributed by atoms with E-state index < -0.39 is 0 Å². The molecule has 0 radical (unpaired) electrons. The maximum atomic E-state index is 12.2. The van der Waals surface area contributed by atoms with Crippen LogP contribution in [0.4, 0.5) is 0 Å². The van der Waals surface area contributed by atoms with Crippen LogP contribution in [0.3, 0.4) is 0 Å². The number of nitrogens with zero attached hydrogens (tertiary/aromatic N) is 3. The van der Waals surface area contributed by atoms with Crippen LogP contribution in [0.25, 0.3) is 11.4 Å². The van der Waals surface area contributed by atoms with Crippen LogP contribution >= 0.6 is 11.8 Å². The molecule has 1 saturated carbocycles. The number of carbonyl (C=O) groups is 1. The van der Waals surface area contributed by atoms with Gasteiger partial charge in [-0.15, -0.1) is 10.2 Å². The number of furan rings is 1. The number of rotatable bonds is 5. The molecule has 0 aromatic carbocycles.